The lowest BCUT2D eigenvalue weighted by atomic mass is 10.2. The lowest BCUT2D eigenvalue weighted by molar-refractivity contribution is -0.115. The lowest BCUT2D eigenvalue weighted by Gasteiger charge is -2.05. The molecule has 8 heteroatoms. The van der Waals surface area contributed by atoms with E-state index in [0.717, 1.165) is 22.6 Å². The number of anilines is 1. The maximum Gasteiger partial charge on any atom is 0.227 e. The predicted molar refractivity (Wildman–Crippen MR) is 115 cm³/mol. The molecule has 0 unspecified atom stereocenters. The van der Waals surface area contributed by atoms with E-state index in [1.54, 1.807) is 24.3 Å². The Morgan fingerprint density at radius 3 is 2.45 bits per heavy atom. The summed E-state index contributed by atoms with van der Waals surface area (Å²) in [4.78, 5) is 16.8. The number of hydrogen-bond donors (Lipinski definition) is 1. The molecule has 3 rings (SSSR count). The SMILES string of the molecule is CCOc1ccc(-c2csc(NC(=O)CCS(=O)(=O)c3ccc(C)cc3)n2)cc1. The Kier molecular flexibility index (Phi) is 6.66. The number of carbonyl (C=O) groups excluding carboxylic acids is 1. The summed E-state index contributed by atoms with van der Waals surface area (Å²) in [7, 11) is -3.50. The molecule has 6 nitrogen and oxygen atoms in total. The van der Waals surface area contributed by atoms with Crippen LogP contribution in [-0.4, -0.2) is 31.7 Å². The van der Waals surface area contributed by atoms with E-state index in [1.165, 1.54) is 11.3 Å². The van der Waals surface area contributed by atoms with Crippen LogP contribution in [0.4, 0.5) is 5.13 Å². The Hall–Kier alpha value is -2.71. The first-order valence-electron chi connectivity index (χ1n) is 9.15. The lowest BCUT2D eigenvalue weighted by Crippen LogP contribution is -2.17. The van der Waals surface area contributed by atoms with Gasteiger partial charge < -0.3 is 10.1 Å². The molecule has 0 spiro atoms. The van der Waals surface area contributed by atoms with Crippen LogP contribution in [0.2, 0.25) is 0 Å². The van der Waals surface area contributed by atoms with Gasteiger partial charge in [-0.25, -0.2) is 13.4 Å². The number of aryl methyl sites for hydroxylation is 1. The molecule has 0 bridgehead atoms. The van der Waals surface area contributed by atoms with Crippen molar-refractivity contribution in [3.8, 4) is 17.0 Å². The van der Waals surface area contributed by atoms with Gasteiger partial charge in [0.15, 0.2) is 15.0 Å². The molecule has 0 radical (unpaired) electrons. The summed E-state index contributed by atoms with van der Waals surface area (Å²) in [5, 5.41) is 4.95. The molecule has 2 aromatic carbocycles. The van der Waals surface area contributed by atoms with Crippen molar-refractivity contribution in [3.63, 3.8) is 0 Å². The molecule has 0 saturated heterocycles. The number of ether oxygens (including phenoxy) is 1. The Balaban J connectivity index is 1.58. The molecule has 0 aliphatic rings. The average Bonchev–Trinajstić information content (AvgIpc) is 3.16. The number of amides is 1. The highest BCUT2D eigenvalue weighted by Gasteiger charge is 2.17. The molecule has 1 aromatic heterocycles. The monoisotopic (exact) mass is 430 g/mol. The summed E-state index contributed by atoms with van der Waals surface area (Å²) < 4.78 is 30.1. The third kappa shape index (κ3) is 5.65. The van der Waals surface area contributed by atoms with Crippen LogP contribution >= 0.6 is 11.3 Å². The van der Waals surface area contributed by atoms with Gasteiger partial charge in [0, 0.05) is 17.4 Å². The zero-order chi connectivity index (χ0) is 20.9. The van der Waals surface area contributed by atoms with Crippen LogP contribution in [0.15, 0.2) is 58.8 Å². The fourth-order valence-corrected chi connectivity index (χ4v) is 4.60. The van der Waals surface area contributed by atoms with E-state index in [9.17, 15) is 13.2 Å². The summed E-state index contributed by atoms with van der Waals surface area (Å²) >= 11 is 1.29. The van der Waals surface area contributed by atoms with Crippen molar-refractivity contribution in [1.82, 2.24) is 4.98 Å². The van der Waals surface area contributed by atoms with E-state index in [-0.39, 0.29) is 23.0 Å². The summed E-state index contributed by atoms with van der Waals surface area (Å²) in [6, 6.07) is 14.1. The third-order valence-corrected chi connectivity index (χ3v) is 6.68. The minimum absolute atomic E-state index is 0.131. The van der Waals surface area contributed by atoms with Crippen molar-refractivity contribution in [2.45, 2.75) is 25.2 Å². The first-order chi connectivity index (χ1) is 13.9. The van der Waals surface area contributed by atoms with Crippen molar-refractivity contribution in [1.29, 1.82) is 0 Å². The molecule has 0 atom stereocenters. The second kappa shape index (κ2) is 9.19. The van der Waals surface area contributed by atoms with Crippen molar-refractivity contribution < 1.29 is 17.9 Å². The standard InChI is InChI=1S/C21H22N2O4S2/c1-3-27-17-8-6-16(7-9-17)19-14-28-21(22-19)23-20(24)12-13-29(25,26)18-10-4-15(2)5-11-18/h4-11,14H,3,12-13H2,1-2H3,(H,22,23,24). The summed E-state index contributed by atoms with van der Waals surface area (Å²) in [6.45, 7) is 4.42. The van der Waals surface area contributed by atoms with E-state index in [2.05, 4.69) is 10.3 Å². The fraction of sp³-hybridized carbons (Fsp3) is 0.238. The second-order valence-corrected chi connectivity index (χ2v) is 9.39. The van der Waals surface area contributed by atoms with Gasteiger partial charge in [0.1, 0.15) is 5.75 Å². The molecule has 0 aliphatic heterocycles. The highest BCUT2D eigenvalue weighted by molar-refractivity contribution is 7.91. The molecule has 1 amide bonds. The number of aromatic nitrogens is 1. The van der Waals surface area contributed by atoms with Gasteiger partial charge in [0.05, 0.1) is 22.9 Å². The molecule has 152 valence electrons. The van der Waals surface area contributed by atoms with Crippen LogP contribution in [0.3, 0.4) is 0 Å². The molecular weight excluding hydrogens is 408 g/mol. The highest BCUT2D eigenvalue weighted by Crippen LogP contribution is 2.26. The molecule has 1 heterocycles. The van der Waals surface area contributed by atoms with Crippen LogP contribution in [0.1, 0.15) is 18.9 Å². The first kappa shape index (κ1) is 21.0. The number of rotatable bonds is 8. The highest BCUT2D eigenvalue weighted by atomic mass is 32.2. The van der Waals surface area contributed by atoms with Crippen molar-refractivity contribution in [2.24, 2.45) is 0 Å². The number of nitrogens with one attached hydrogen (secondary N) is 1. The van der Waals surface area contributed by atoms with Gasteiger partial charge in [0.2, 0.25) is 5.91 Å². The van der Waals surface area contributed by atoms with Crippen LogP contribution in [-0.2, 0) is 14.6 Å². The predicted octanol–water partition coefficient (Wildman–Crippen LogP) is 4.32. The molecule has 3 aromatic rings. The largest absolute Gasteiger partial charge is 0.494 e. The number of thiazole rings is 1. The van der Waals surface area contributed by atoms with E-state index in [4.69, 9.17) is 4.74 Å². The number of sulfone groups is 1. The minimum Gasteiger partial charge on any atom is -0.494 e. The van der Waals surface area contributed by atoms with Gasteiger partial charge in [-0.15, -0.1) is 11.3 Å². The zero-order valence-corrected chi connectivity index (χ0v) is 17.8. The van der Waals surface area contributed by atoms with Gasteiger partial charge in [-0.2, -0.15) is 0 Å². The zero-order valence-electron chi connectivity index (χ0n) is 16.2. The van der Waals surface area contributed by atoms with Gasteiger partial charge in [0.25, 0.3) is 0 Å². The number of nitrogens with zero attached hydrogens (tertiary/aromatic N) is 1. The fourth-order valence-electron chi connectivity index (χ4n) is 2.62. The smallest absolute Gasteiger partial charge is 0.227 e. The molecular formula is C21H22N2O4S2. The van der Waals surface area contributed by atoms with Crippen molar-refractivity contribution in [2.75, 3.05) is 17.7 Å². The maximum absolute atomic E-state index is 12.4. The van der Waals surface area contributed by atoms with E-state index < -0.39 is 9.84 Å². The van der Waals surface area contributed by atoms with Gasteiger partial charge in [-0.05, 0) is 50.2 Å². The van der Waals surface area contributed by atoms with Crippen LogP contribution in [0.5, 0.6) is 5.75 Å². The average molecular weight is 431 g/mol. The second-order valence-electron chi connectivity index (χ2n) is 6.43. The molecule has 0 fully saturated rings. The Morgan fingerprint density at radius 1 is 1.10 bits per heavy atom. The maximum atomic E-state index is 12.4. The number of carbonyl (C=O) groups is 1. The quantitative estimate of drug-likeness (QED) is 0.575. The minimum atomic E-state index is -3.50. The van der Waals surface area contributed by atoms with Gasteiger partial charge >= 0.3 is 0 Å². The van der Waals surface area contributed by atoms with Crippen molar-refractivity contribution >= 4 is 32.2 Å². The Labute approximate surface area is 174 Å². The molecule has 1 N–H and O–H groups in total. The summed E-state index contributed by atoms with van der Waals surface area (Å²) in [6.07, 6.45) is -0.131. The van der Waals surface area contributed by atoms with Crippen LogP contribution in [0, 0.1) is 6.92 Å². The van der Waals surface area contributed by atoms with E-state index in [0.29, 0.717) is 11.7 Å². The van der Waals surface area contributed by atoms with E-state index in [1.807, 2.05) is 43.5 Å². The van der Waals surface area contributed by atoms with Crippen molar-refractivity contribution in [3.05, 3.63) is 59.5 Å². The van der Waals surface area contributed by atoms with Gasteiger partial charge in [-0.1, -0.05) is 17.7 Å². The molecule has 0 saturated carbocycles. The number of hydrogen-bond acceptors (Lipinski definition) is 6. The van der Waals surface area contributed by atoms with Gasteiger partial charge in [-0.3, -0.25) is 4.79 Å². The van der Waals surface area contributed by atoms with Crippen LogP contribution in [0.25, 0.3) is 11.3 Å². The number of benzene rings is 2. The topological polar surface area (TPSA) is 85.4 Å². The molecule has 29 heavy (non-hydrogen) atoms. The summed E-state index contributed by atoms with van der Waals surface area (Å²) in [5.74, 6) is 0.155. The first-order valence-corrected chi connectivity index (χ1v) is 11.7. The summed E-state index contributed by atoms with van der Waals surface area (Å²) in [5.41, 5.74) is 2.63. The normalized spacial score (nSPS) is 11.2. The van der Waals surface area contributed by atoms with E-state index >= 15 is 0 Å². The van der Waals surface area contributed by atoms with Crippen LogP contribution < -0.4 is 10.1 Å². The molecule has 0 aliphatic carbocycles. The Morgan fingerprint density at radius 2 is 1.79 bits per heavy atom. The Bertz CT molecular complexity index is 1070. The third-order valence-electron chi connectivity index (χ3n) is 4.19.